The van der Waals surface area contributed by atoms with Crippen LogP contribution in [0.25, 0.3) is 11.3 Å². The van der Waals surface area contributed by atoms with E-state index in [0.29, 0.717) is 16.9 Å². The summed E-state index contributed by atoms with van der Waals surface area (Å²) in [7, 11) is 0. The molecule has 0 saturated carbocycles. The van der Waals surface area contributed by atoms with Crippen LogP contribution in [0.15, 0.2) is 53.9 Å². The SMILES string of the molecule is Cc1ccc(-c2csnn2)cc1NC(=O)CN1C(=O)NC(C)(c2ccccc2)C1=O. The number of hydrogen-bond donors (Lipinski definition) is 2. The maximum absolute atomic E-state index is 13.0. The zero-order valence-corrected chi connectivity index (χ0v) is 17.2. The predicted octanol–water partition coefficient (Wildman–Crippen LogP) is 2.92. The number of imide groups is 1. The third-order valence-corrected chi connectivity index (χ3v) is 5.60. The molecule has 4 rings (SSSR count). The number of aryl methyl sites for hydroxylation is 1. The molecule has 0 bridgehead atoms. The van der Waals surface area contributed by atoms with Crippen molar-refractivity contribution in [1.82, 2.24) is 19.8 Å². The summed E-state index contributed by atoms with van der Waals surface area (Å²) in [6.45, 7) is 3.11. The molecule has 1 saturated heterocycles. The molecule has 2 heterocycles. The summed E-state index contributed by atoms with van der Waals surface area (Å²) in [6.07, 6.45) is 0. The lowest BCUT2D eigenvalue weighted by Gasteiger charge is -2.22. The number of aromatic nitrogens is 2. The molecule has 0 aliphatic carbocycles. The molecule has 1 aliphatic rings. The summed E-state index contributed by atoms with van der Waals surface area (Å²) in [4.78, 5) is 39.0. The Labute approximate surface area is 177 Å². The van der Waals surface area contributed by atoms with E-state index >= 15 is 0 Å². The Morgan fingerprint density at radius 1 is 1.20 bits per heavy atom. The van der Waals surface area contributed by atoms with Gasteiger partial charge in [-0.2, -0.15) is 0 Å². The largest absolute Gasteiger partial charge is 0.325 e. The molecule has 1 aromatic heterocycles. The van der Waals surface area contributed by atoms with Crippen LogP contribution in [0.5, 0.6) is 0 Å². The third kappa shape index (κ3) is 3.55. The number of nitrogens with zero attached hydrogens (tertiary/aromatic N) is 3. The predicted molar refractivity (Wildman–Crippen MR) is 113 cm³/mol. The van der Waals surface area contributed by atoms with Crippen molar-refractivity contribution in [3.05, 3.63) is 65.0 Å². The third-order valence-electron chi connectivity index (χ3n) is 5.10. The second kappa shape index (κ2) is 7.68. The van der Waals surface area contributed by atoms with Crippen molar-refractivity contribution in [2.24, 2.45) is 0 Å². The average molecular weight is 421 g/mol. The highest BCUT2D eigenvalue weighted by molar-refractivity contribution is 7.03. The number of hydrogen-bond acceptors (Lipinski definition) is 6. The maximum atomic E-state index is 13.0. The smallest absolute Gasteiger partial charge is 0.324 e. The fourth-order valence-electron chi connectivity index (χ4n) is 3.35. The molecule has 1 atom stereocenters. The molecule has 0 spiro atoms. The molecule has 0 radical (unpaired) electrons. The monoisotopic (exact) mass is 421 g/mol. The standard InChI is InChI=1S/C21H19N5O3S/c1-13-8-9-14(17-12-30-25-24-17)10-16(13)22-18(27)11-26-19(28)21(2,23-20(26)29)15-6-4-3-5-7-15/h3-10,12H,11H2,1-2H3,(H,22,27)(H,23,29). The van der Waals surface area contributed by atoms with Crippen LogP contribution in [0.2, 0.25) is 0 Å². The Kier molecular flexibility index (Phi) is 5.04. The molecule has 30 heavy (non-hydrogen) atoms. The van der Waals surface area contributed by atoms with E-state index in [2.05, 4.69) is 20.2 Å². The van der Waals surface area contributed by atoms with Crippen molar-refractivity contribution in [2.75, 3.05) is 11.9 Å². The van der Waals surface area contributed by atoms with Crippen molar-refractivity contribution in [2.45, 2.75) is 19.4 Å². The van der Waals surface area contributed by atoms with Crippen LogP contribution in [0, 0.1) is 6.92 Å². The average Bonchev–Trinajstić information content (AvgIpc) is 3.34. The number of amides is 4. The number of nitrogens with one attached hydrogen (secondary N) is 2. The van der Waals surface area contributed by atoms with Crippen LogP contribution in [-0.2, 0) is 15.1 Å². The van der Waals surface area contributed by atoms with Crippen molar-refractivity contribution in [3.8, 4) is 11.3 Å². The van der Waals surface area contributed by atoms with Gasteiger partial charge in [0.05, 0.1) is 0 Å². The van der Waals surface area contributed by atoms with E-state index in [9.17, 15) is 14.4 Å². The first-order valence-corrected chi connectivity index (χ1v) is 10.1. The van der Waals surface area contributed by atoms with Gasteiger partial charge in [0.1, 0.15) is 17.8 Å². The van der Waals surface area contributed by atoms with Gasteiger partial charge in [0.2, 0.25) is 5.91 Å². The van der Waals surface area contributed by atoms with Gasteiger partial charge in [-0.25, -0.2) is 4.79 Å². The van der Waals surface area contributed by atoms with Crippen LogP contribution in [0.1, 0.15) is 18.1 Å². The van der Waals surface area contributed by atoms with E-state index in [0.717, 1.165) is 16.0 Å². The van der Waals surface area contributed by atoms with Crippen LogP contribution < -0.4 is 10.6 Å². The van der Waals surface area contributed by atoms with Crippen molar-refractivity contribution < 1.29 is 14.4 Å². The lowest BCUT2D eigenvalue weighted by Crippen LogP contribution is -2.42. The van der Waals surface area contributed by atoms with Crippen molar-refractivity contribution in [1.29, 1.82) is 0 Å². The molecule has 1 unspecified atom stereocenters. The summed E-state index contributed by atoms with van der Waals surface area (Å²) in [5.74, 6) is -0.930. The summed E-state index contributed by atoms with van der Waals surface area (Å²) in [6, 6.07) is 13.9. The molecule has 4 amide bonds. The zero-order valence-electron chi connectivity index (χ0n) is 16.4. The Balaban J connectivity index is 1.50. The van der Waals surface area contributed by atoms with Crippen LogP contribution in [0.4, 0.5) is 10.5 Å². The van der Waals surface area contributed by atoms with Gasteiger partial charge in [-0.3, -0.25) is 14.5 Å². The molecule has 8 nitrogen and oxygen atoms in total. The second-order valence-electron chi connectivity index (χ2n) is 7.18. The van der Waals surface area contributed by atoms with Gasteiger partial charge in [0.25, 0.3) is 5.91 Å². The second-order valence-corrected chi connectivity index (χ2v) is 7.79. The summed E-state index contributed by atoms with van der Waals surface area (Å²) in [5, 5.41) is 11.3. The van der Waals surface area contributed by atoms with E-state index in [1.807, 2.05) is 30.5 Å². The zero-order chi connectivity index (χ0) is 21.3. The highest BCUT2D eigenvalue weighted by Gasteiger charge is 2.49. The normalized spacial score (nSPS) is 18.4. The topological polar surface area (TPSA) is 104 Å². The minimum atomic E-state index is -1.20. The van der Waals surface area contributed by atoms with Gasteiger partial charge < -0.3 is 10.6 Å². The number of rotatable bonds is 5. The van der Waals surface area contributed by atoms with Crippen molar-refractivity contribution in [3.63, 3.8) is 0 Å². The maximum Gasteiger partial charge on any atom is 0.325 e. The quantitative estimate of drug-likeness (QED) is 0.617. The number of carbonyl (C=O) groups is 3. The van der Waals surface area contributed by atoms with Crippen molar-refractivity contribution >= 4 is 35.1 Å². The highest BCUT2D eigenvalue weighted by atomic mass is 32.1. The van der Waals surface area contributed by atoms with Gasteiger partial charge in [0.15, 0.2) is 0 Å². The summed E-state index contributed by atoms with van der Waals surface area (Å²) >= 11 is 1.24. The number of carbonyl (C=O) groups excluding carboxylic acids is 3. The Morgan fingerprint density at radius 3 is 2.67 bits per heavy atom. The molecule has 152 valence electrons. The van der Waals surface area contributed by atoms with Gasteiger partial charge in [0, 0.05) is 16.6 Å². The van der Waals surface area contributed by atoms with Crippen LogP contribution in [0.3, 0.4) is 0 Å². The fraction of sp³-hybridized carbons (Fsp3) is 0.190. The lowest BCUT2D eigenvalue weighted by molar-refractivity contribution is -0.133. The molecule has 2 aromatic carbocycles. The van der Waals surface area contributed by atoms with Gasteiger partial charge in [-0.15, -0.1) is 5.10 Å². The lowest BCUT2D eigenvalue weighted by atomic mass is 9.92. The first-order chi connectivity index (χ1) is 14.4. The van der Waals surface area contributed by atoms with Gasteiger partial charge in [-0.1, -0.05) is 47.0 Å². The first kappa shape index (κ1) is 19.7. The Morgan fingerprint density at radius 2 is 1.97 bits per heavy atom. The molecule has 9 heteroatoms. The molecule has 1 fully saturated rings. The van der Waals surface area contributed by atoms with E-state index in [4.69, 9.17) is 0 Å². The first-order valence-electron chi connectivity index (χ1n) is 9.26. The Bertz CT molecular complexity index is 1120. The van der Waals surface area contributed by atoms with E-state index in [1.54, 1.807) is 37.3 Å². The van der Waals surface area contributed by atoms with Gasteiger partial charge in [-0.05, 0) is 42.6 Å². The minimum absolute atomic E-state index is 0.380. The minimum Gasteiger partial charge on any atom is -0.324 e. The van der Waals surface area contributed by atoms with Gasteiger partial charge >= 0.3 is 6.03 Å². The van der Waals surface area contributed by atoms with E-state index in [1.165, 1.54) is 11.5 Å². The molecular formula is C21H19N5O3S. The summed E-state index contributed by atoms with van der Waals surface area (Å²) < 4.78 is 3.85. The van der Waals surface area contributed by atoms with E-state index in [-0.39, 0.29) is 6.54 Å². The Hall–Kier alpha value is -3.59. The summed E-state index contributed by atoms with van der Waals surface area (Å²) in [5.41, 5.74) is 2.42. The fourth-order valence-corrected chi connectivity index (χ4v) is 3.81. The highest BCUT2D eigenvalue weighted by Crippen LogP contribution is 2.29. The molecule has 1 aliphatic heterocycles. The van der Waals surface area contributed by atoms with E-state index < -0.39 is 23.4 Å². The number of urea groups is 1. The van der Waals surface area contributed by atoms with Crippen LogP contribution in [-0.4, -0.2) is 38.9 Å². The molecule has 2 N–H and O–H groups in total. The number of anilines is 1. The van der Waals surface area contributed by atoms with Crippen LogP contribution >= 0.6 is 11.5 Å². The molecular weight excluding hydrogens is 402 g/mol. The number of benzene rings is 2. The molecule has 3 aromatic rings.